The molecule has 0 aromatic heterocycles. The van der Waals surface area contributed by atoms with Crippen molar-refractivity contribution in [2.24, 2.45) is 0 Å². The Hall–Kier alpha value is -1.14. The molecular weight excluding hydrogens is 312 g/mol. The predicted octanol–water partition coefficient (Wildman–Crippen LogP) is 3.63. The Bertz CT molecular complexity index is 465. The first-order valence-corrected chi connectivity index (χ1v) is 7.02. The molecule has 0 saturated heterocycles. The maximum absolute atomic E-state index is 10.9. The molecule has 0 saturated carbocycles. The van der Waals surface area contributed by atoms with E-state index in [1.54, 1.807) is 13.0 Å². The van der Waals surface area contributed by atoms with Crippen molar-refractivity contribution < 1.29 is 10.0 Å². The van der Waals surface area contributed by atoms with Gasteiger partial charge in [-0.15, -0.1) is 0 Å². The normalized spacial score (nSPS) is 11.4. The highest BCUT2D eigenvalue weighted by Crippen LogP contribution is 2.33. The minimum atomic E-state index is -0.400. The molecule has 2 N–H and O–H groups in total. The second kappa shape index (κ2) is 6.34. The van der Waals surface area contributed by atoms with Crippen LogP contribution in [0.15, 0.2) is 16.6 Å². The molecule has 0 aliphatic rings. The van der Waals surface area contributed by atoms with Crippen LogP contribution < -0.4 is 5.32 Å². The summed E-state index contributed by atoms with van der Waals surface area (Å²) in [7, 11) is 0. The first kappa shape index (κ1) is 15.9. The molecule has 1 rings (SSSR count). The van der Waals surface area contributed by atoms with Crippen LogP contribution in [-0.2, 0) is 0 Å². The number of aryl methyl sites for hydroxylation is 1. The van der Waals surface area contributed by atoms with Crippen LogP contribution in [0.5, 0.6) is 0 Å². The molecule has 0 bridgehead atoms. The summed E-state index contributed by atoms with van der Waals surface area (Å²) < 4.78 is 0.629. The van der Waals surface area contributed by atoms with E-state index in [9.17, 15) is 15.2 Å². The van der Waals surface area contributed by atoms with Gasteiger partial charge >= 0.3 is 0 Å². The summed E-state index contributed by atoms with van der Waals surface area (Å²) in [5.74, 6) is 0. The van der Waals surface area contributed by atoms with Crippen molar-refractivity contribution in [1.82, 2.24) is 0 Å². The average molecular weight is 331 g/mol. The zero-order valence-electron chi connectivity index (χ0n) is 11.4. The van der Waals surface area contributed by atoms with Crippen LogP contribution in [0.25, 0.3) is 0 Å². The Labute approximate surface area is 121 Å². The lowest BCUT2D eigenvalue weighted by molar-refractivity contribution is -0.385. The number of halogens is 1. The number of nitro groups is 1. The van der Waals surface area contributed by atoms with E-state index in [1.807, 2.05) is 13.8 Å². The number of hydrogen-bond acceptors (Lipinski definition) is 4. The monoisotopic (exact) mass is 330 g/mol. The zero-order valence-corrected chi connectivity index (χ0v) is 13.0. The topological polar surface area (TPSA) is 75.4 Å². The Balaban J connectivity index is 3.16. The molecule has 0 atom stereocenters. The van der Waals surface area contributed by atoms with Crippen LogP contribution in [0.3, 0.4) is 0 Å². The highest BCUT2D eigenvalue weighted by atomic mass is 79.9. The maximum Gasteiger partial charge on any atom is 0.273 e. The van der Waals surface area contributed by atoms with Gasteiger partial charge in [0.25, 0.3) is 5.69 Å². The fraction of sp³-hybridized carbons (Fsp3) is 0.538. The minimum absolute atomic E-state index is 0.0163. The van der Waals surface area contributed by atoms with Crippen LogP contribution in [0.4, 0.5) is 11.4 Å². The van der Waals surface area contributed by atoms with Crippen LogP contribution >= 0.6 is 15.9 Å². The molecule has 0 aliphatic carbocycles. The Morgan fingerprint density at radius 2 is 2.00 bits per heavy atom. The van der Waals surface area contributed by atoms with Crippen molar-refractivity contribution in [2.45, 2.75) is 39.2 Å². The molecule has 6 heteroatoms. The number of aliphatic hydroxyl groups is 1. The largest absolute Gasteiger partial charge is 0.394 e. The van der Waals surface area contributed by atoms with Gasteiger partial charge in [0, 0.05) is 21.8 Å². The van der Waals surface area contributed by atoms with Gasteiger partial charge < -0.3 is 10.4 Å². The molecule has 0 fully saturated rings. The molecule has 106 valence electrons. The van der Waals surface area contributed by atoms with Crippen molar-refractivity contribution in [3.8, 4) is 0 Å². The quantitative estimate of drug-likeness (QED) is 0.616. The first-order chi connectivity index (χ1) is 8.89. The molecule has 5 nitrogen and oxygen atoms in total. The van der Waals surface area contributed by atoms with Crippen molar-refractivity contribution in [3.05, 3.63) is 32.3 Å². The van der Waals surface area contributed by atoms with Crippen LogP contribution in [0.1, 0.15) is 32.3 Å². The number of nitrogens with one attached hydrogen (secondary N) is 1. The van der Waals surface area contributed by atoms with E-state index in [0.29, 0.717) is 10.0 Å². The molecule has 19 heavy (non-hydrogen) atoms. The van der Waals surface area contributed by atoms with Crippen molar-refractivity contribution >= 4 is 27.3 Å². The van der Waals surface area contributed by atoms with Gasteiger partial charge in [-0.2, -0.15) is 0 Å². The number of nitrogens with zero attached hydrogens (tertiary/aromatic N) is 1. The summed E-state index contributed by atoms with van der Waals surface area (Å²) in [5.41, 5.74) is 1.04. The zero-order chi connectivity index (χ0) is 14.6. The van der Waals surface area contributed by atoms with Gasteiger partial charge in [0.15, 0.2) is 0 Å². The Kier molecular flexibility index (Phi) is 5.31. The number of aliphatic hydroxyl groups excluding tert-OH is 1. The third kappa shape index (κ3) is 3.45. The lowest BCUT2D eigenvalue weighted by Crippen LogP contribution is -2.40. The molecule has 0 amide bonds. The van der Waals surface area contributed by atoms with Crippen molar-refractivity contribution in [2.75, 3.05) is 11.9 Å². The van der Waals surface area contributed by atoms with Gasteiger partial charge in [0.05, 0.1) is 17.1 Å². The molecule has 1 aromatic carbocycles. The summed E-state index contributed by atoms with van der Waals surface area (Å²) in [5, 5.41) is 23.7. The smallest absolute Gasteiger partial charge is 0.273 e. The Morgan fingerprint density at radius 3 is 2.42 bits per heavy atom. The van der Waals surface area contributed by atoms with Gasteiger partial charge in [-0.05, 0) is 41.8 Å². The molecule has 0 unspecified atom stereocenters. The molecular formula is C13H19BrN2O3. The van der Waals surface area contributed by atoms with E-state index < -0.39 is 10.5 Å². The van der Waals surface area contributed by atoms with E-state index in [4.69, 9.17) is 0 Å². The fourth-order valence-electron chi connectivity index (χ4n) is 1.94. The highest BCUT2D eigenvalue weighted by Gasteiger charge is 2.26. The van der Waals surface area contributed by atoms with Gasteiger partial charge in [-0.25, -0.2) is 0 Å². The van der Waals surface area contributed by atoms with E-state index in [-0.39, 0.29) is 12.3 Å². The van der Waals surface area contributed by atoms with Gasteiger partial charge in [0.1, 0.15) is 0 Å². The molecule has 0 heterocycles. The van der Waals surface area contributed by atoms with Crippen molar-refractivity contribution in [1.29, 1.82) is 0 Å². The Morgan fingerprint density at radius 1 is 1.42 bits per heavy atom. The number of benzene rings is 1. The minimum Gasteiger partial charge on any atom is -0.394 e. The van der Waals surface area contributed by atoms with E-state index in [0.717, 1.165) is 18.5 Å². The standard InChI is InChI=1S/C13H19BrN2O3/c1-4-13(5-2,8-17)15-11-6-9(3)12(16(18)19)7-10(11)14/h6-7,15,17H,4-5,8H2,1-3H3. The van der Waals surface area contributed by atoms with E-state index >= 15 is 0 Å². The summed E-state index contributed by atoms with van der Waals surface area (Å²) in [4.78, 5) is 10.5. The number of hydrogen-bond donors (Lipinski definition) is 2. The first-order valence-electron chi connectivity index (χ1n) is 6.22. The summed E-state index contributed by atoms with van der Waals surface area (Å²) in [6.45, 7) is 5.72. The second-order valence-electron chi connectivity index (χ2n) is 4.65. The third-order valence-electron chi connectivity index (χ3n) is 3.54. The van der Waals surface area contributed by atoms with E-state index in [2.05, 4.69) is 21.2 Å². The van der Waals surface area contributed by atoms with Gasteiger partial charge in [-0.3, -0.25) is 10.1 Å². The summed E-state index contributed by atoms with van der Waals surface area (Å²) in [6.07, 6.45) is 1.53. The number of rotatable bonds is 6. The predicted molar refractivity (Wildman–Crippen MR) is 79.6 cm³/mol. The molecule has 0 radical (unpaired) electrons. The van der Waals surface area contributed by atoms with E-state index in [1.165, 1.54) is 6.07 Å². The van der Waals surface area contributed by atoms with Gasteiger partial charge in [-0.1, -0.05) is 13.8 Å². The summed E-state index contributed by atoms with van der Waals surface area (Å²) in [6, 6.07) is 3.23. The fourth-order valence-corrected chi connectivity index (χ4v) is 2.37. The number of nitro benzene ring substituents is 1. The van der Waals surface area contributed by atoms with Gasteiger partial charge in [0.2, 0.25) is 0 Å². The lowest BCUT2D eigenvalue weighted by atomic mass is 9.93. The maximum atomic E-state index is 10.9. The lowest BCUT2D eigenvalue weighted by Gasteiger charge is -2.32. The summed E-state index contributed by atoms with van der Waals surface area (Å²) >= 11 is 3.34. The van der Waals surface area contributed by atoms with Crippen molar-refractivity contribution in [3.63, 3.8) is 0 Å². The van der Waals surface area contributed by atoms with Crippen LogP contribution in [0, 0.1) is 17.0 Å². The average Bonchev–Trinajstić information content (AvgIpc) is 2.39. The molecule has 0 spiro atoms. The molecule has 1 aromatic rings. The second-order valence-corrected chi connectivity index (χ2v) is 5.50. The SMILES string of the molecule is CCC(CC)(CO)Nc1cc(C)c([N+](=O)[O-])cc1Br. The highest BCUT2D eigenvalue weighted by molar-refractivity contribution is 9.10. The van der Waals surface area contributed by atoms with Crippen LogP contribution in [-0.4, -0.2) is 22.2 Å². The molecule has 0 aliphatic heterocycles. The third-order valence-corrected chi connectivity index (χ3v) is 4.19. The number of anilines is 1. The van der Waals surface area contributed by atoms with Crippen LogP contribution in [0.2, 0.25) is 0 Å².